The average Bonchev–Trinajstić information content (AvgIpc) is 3.56. The zero-order valence-electron chi connectivity index (χ0n) is 24.1. The lowest BCUT2D eigenvalue weighted by molar-refractivity contribution is -0.154. The number of fused-ring (bicyclic) bond motifs is 1. The highest BCUT2D eigenvalue weighted by molar-refractivity contribution is 9.09. The third-order valence-electron chi connectivity index (χ3n) is 8.80. The first-order chi connectivity index (χ1) is 19.7. The van der Waals surface area contributed by atoms with Crippen LogP contribution < -0.4 is 0 Å². The van der Waals surface area contributed by atoms with Crippen LogP contribution in [0.25, 0.3) is 0 Å². The smallest absolute Gasteiger partial charge is 0.310 e. The molecule has 3 aliphatic heterocycles. The lowest BCUT2D eigenvalue weighted by Crippen LogP contribution is -2.59. The summed E-state index contributed by atoms with van der Waals surface area (Å²) in [5.74, 6) is -2.10. The van der Waals surface area contributed by atoms with Gasteiger partial charge < -0.3 is 19.6 Å². The number of allylic oxidation sites excluding steroid dienone is 1. The molecule has 4 rings (SSSR count). The molecule has 0 saturated carbocycles. The number of thioether (sulfide) groups is 1. The largest absolute Gasteiger partial charge is 0.465 e. The van der Waals surface area contributed by atoms with Gasteiger partial charge in [-0.1, -0.05) is 71.8 Å². The fourth-order valence-corrected chi connectivity index (χ4v) is 10.6. The molecular weight excluding hydrogens is 604 g/mol. The Morgan fingerprint density at radius 2 is 2.02 bits per heavy atom. The minimum absolute atomic E-state index is 0.0415. The van der Waals surface area contributed by atoms with Crippen molar-refractivity contribution in [2.75, 3.05) is 19.8 Å². The molecule has 1 spiro atoms. The van der Waals surface area contributed by atoms with Gasteiger partial charge in [0.1, 0.15) is 6.04 Å². The highest BCUT2D eigenvalue weighted by atomic mass is 79.9. The van der Waals surface area contributed by atoms with Gasteiger partial charge in [-0.3, -0.25) is 14.4 Å². The molecule has 1 aromatic carbocycles. The summed E-state index contributed by atoms with van der Waals surface area (Å²) in [4.78, 5) is 46.2. The van der Waals surface area contributed by atoms with E-state index in [-0.39, 0.29) is 47.1 Å². The van der Waals surface area contributed by atoms with Gasteiger partial charge in [0.2, 0.25) is 11.8 Å². The summed E-state index contributed by atoms with van der Waals surface area (Å²) >= 11 is 5.41. The number of alkyl halides is 1. The summed E-state index contributed by atoms with van der Waals surface area (Å²) in [6, 6.07) is 8.23. The summed E-state index contributed by atoms with van der Waals surface area (Å²) in [5, 5.41) is 10.5. The molecule has 0 aromatic heterocycles. The van der Waals surface area contributed by atoms with Gasteiger partial charge in [0.05, 0.1) is 35.8 Å². The fraction of sp³-hybridized carbons (Fsp3) is 0.594. The molecular formula is C32H43BrN2O5S. The van der Waals surface area contributed by atoms with E-state index in [2.05, 4.69) is 36.0 Å². The topological polar surface area (TPSA) is 87.2 Å². The van der Waals surface area contributed by atoms with E-state index in [1.807, 2.05) is 42.2 Å². The van der Waals surface area contributed by atoms with E-state index in [0.29, 0.717) is 25.8 Å². The number of hydrogen-bond donors (Lipinski definition) is 1. The normalized spacial score (nSPS) is 29.6. The number of amides is 2. The van der Waals surface area contributed by atoms with E-state index < -0.39 is 28.7 Å². The second kappa shape index (κ2) is 13.9. The zero-order chi connectivity index (χ0) is 29.7. The highest BCUT2D eigenvalue weighted by Crippen LogP contribution is 2.68. The van der Waals surface area contributed by atoms with Gasteiger partial charge in [0.25, 0.3) is 0 Å². The Bertz CT molecular complexity index is 1120. The Morgan fingerprint density at radius 1 is 1.29 bits per heavy atom. The predicted octanol–water partition coefficient (Wildman–Crippen LogP) is 4.77. The van der Waals surface area contributed by atoms with Crippen molar-refractivity contribution >= 4 is 45.5 Å². The maximum atomic E-state index is 14.7. The number of benzene rings is 1. The summed E-state index contributed by atoms with van der Waals surface area (Å²) in [6.45, 7) is 12.1. The molecule has 3 heterocycles. The first-order valence-electron chi connectivity index (χ1n) is 14.7. The van der Waals surface area contributed by atoms with Crippen LogP contribution in [-0.2, 0) is 25.5 Å². The molecule has 3 fully saturated rings. The van der Waals surface area contributed by atoms with Gasteiger partial charge in [0, 0.05) is 22.7 Å². The predicted molar refractivity (Wildman–Crippen MR) is 167 cm³/mol. The van der Waals surface area contributed by atoms with Gasteiger partial charge in [-0.25, -0.2) is 0 Å². The second-order valence-corrected chi connectivity index (χ2v) is 14.2. The van der Waals surface area contributed by atoms with Gasteiger partial charge in [0.15, 0.2) is 0 Å². The standard InChI is InChI=1S/C32H43BrN2O5S/c1-5-8-12-17-40-31(39)25-26-29(37)35(23(20-36)18-22-14-10-9-11-15-22)28(32(26)19-24(33)27(25)41-32)30(38)34(16-7-3)21(4)13-6-2/h5,7,9-11,14-15,21,23-28,36H,1,3,6,8,12-13,16-20H2,2,4H3/t21?,23-,24?,25-,26+,27-,28?,32?/m1/s1. The SMILES string of the molecule is C=CCCCOC(=O)[C@H]1[C@@H]2SC3(CC2Br)C(C(=O)N(CC=C)C(C)CCC)N([C@@H](CO)Cc2ccccc2)C(=O)[C@H]13. The van der Waals surface area contributed by atoms with Crippen molar-refractivity contribution in [1.82, 2.24) is 9.80 Å². The van der Waals surface area contributed by atoms with Crippen molar-refractivity contribution in [3.63, 3.8) is 0 Å². The van der Waals surface area contributed by atoms with Gasteiger partial charge in [-0.2, -0.15) is 0 Å². The van der Waals surface area contributed by atoms with Crippen LogP contribution in [0.1, 0.15) is 51.5 Å². The number of hydrogen-bond acceptors (Lipinski definition) is 6. The molecule has 4 unspecified atom stereocenters. The van der Waals surface area contributed by atoms with Gasteiger partial charge in [-0.15, -0.1) is 24.9 Å². The third kappa shape index (κ3) is 6.04. The van der Waals surface area contributed by atoms with Crippen molar-refractivity contribution in [3.05, 3.63) is 61.2 Å². The van der Waals surface area contributed by atoms with Crippen molar-refractivity contribution in [2.45, 2.75) is 85.3 Å². The minimum Gasteiger partial charge on any atom is -0.465 e. The number of ether oxygens (including phenoxy) is 1. The Hall–Kier alpha value is -2.10. The number of carbonyl (C=O) groups is 3. The molecule has 3 saturated heterocycles. The molecule has 0 aliphatic carbocycles. The van der Waals surface area contributed by atoms with E-state index >= 15 is 0 Å². The molecule has 3 aliphatic rings. The Balaban J connectivity index is 1.76. The summed E-state index contributed by atoms with van der Waals surface area (Å²) in [6.07, 6.45) is 7.64. The van der Waals surface area contributed by atoms with E-state index in [9.17, 15) is 19.5 Å². The summed E-state index contributed by atoms with van der Waals surface area (Å²) in [7, 11) is 0. The highest BCUT2D eigenvalue weighted by Gasteiger charge is 2.76. The molecule has 2 bridgehead atoms. The first-order valence-corrected chi connectivity index (χ1v) is 16.5. The van der Waals surface area contributed by atoms with Crippen molar-refractivity contribution < 1.29 is 24.2 Å². The quantitative estimate of drug-likeness (QED) is 0.128. The van der Waals surface area contributed by atoms with Crippen LogP contribution in [0.5, 0.6) is 0 Å². The Kier molecular flexibility index (Phi) is 10.8. The molecule has 2 amide bonds. The summed E-state index contributed by atoms with van der Waals surface area (Å²) in [5.41, 5.74) is 0.968. The number of nitrogens with zero attached hydrogens (tertiary/aromatic N) is 2. The molecule has 0 radical (unpaired) electrons. The number of aliphatic hydroxyl groups is 1. The molecule has 224 valence electrons. The van der Waals surface area contributed by atoms with E-state index in [0.717, 1.165) is 24.8 Å². The molecule has 9 heteroatoms. The molecule has 1 aromatic rings. The number of unbranched alkanes of at least 4 members (excludes halogenated alkanes) is 1. The van der Waals surface area contributed by atoms with Gasteiger partial charge in [-0.05, 0) is 44.6 Å². The van der Waals surface area contributed by atoms with Crippen LogP contribution in [0.15, 0.2) is 55.6 Å². The Morgan fingerprint density at radius 3 is 2.66 bits per heavy atom. The van der Waals surface area contributed by atoms with Crippen LogP contribution in [0, 0.1) is 11.8 Å². The van der Waals surface area contributed by atoms with E-state index in [1.54, 1.807) is 28.8 Å². The van der Waals surface area contributed by atoms with Crippen molar-refractivity contribution in [1.29, 1.82) is 0 Å². The zero-order valence-corrected chi connectivity index (χ0v) is 26.5. The maximum Gasteiger partial charge on any atom is 0.310 e. The number of rotatable bonds is 15. The lowest BCUT2D eigenvalue weighted by atomic mass is 9.71. The minimum atomic E-state index is -0.811. The number of halogens is 1. The average molecular weight is 648 g/mol. The fourth-order valence-electron chi connectivity index (χ4n) is 7.00. The van der Waals surface area contributed by atoms with Crippen LogP contribution >= 0.6 is 27.7 Å². The monoisotopic (exact) mass is 646 g/mol. The van der Waals surface area contributed by atoms with Crippen molar-refractivity contribution in [2.24, 2.45) is 11.8 Å². The van der Waals surface area contributed by atoms with Crippen LogP contribution in [0.4, 0.5) is 0 Å². The maximum absolute atomic E-state index is 14.7. The number of likely N-dealkylation sites (tertiary alicyclic amines) is 1. The van der Waals surface area contributed by atoms with Crippen LogP contribution in [0.3, 0.4) is 0 Å². The number of aliphatic hydroxyl groups excluding tert-OH is 1. The molecule has 7 nitrogen and oxygen atoms in total. The number of carbonyl (C=O) groups excluding carboxylic acids is 3. The van der Waals surface area contributed by atoms with E-state index in [1.165, 1.54) is 0 Å². The van der Waals surface area contributed by atoms with Gasteiger partial charge >= 0.3 is 5.97 Å². The molecule has 8 atom stereocenters. The van der Waals surface area contributed by atoms with Crippen molar-refractivity contribution in [3.8, 4) is 0 Å². The second-order valence-electron chi connectivity index (χ2n) is 11.5. The van der Waals surface area contributed by atoms with Crippen LogP contribution in [0.2, 0.25) is 0 Å². The van der Waals surface area contributed by atoms with E-state index in [4.69, 9.17) is 4.74 Å². The first kappa shape index (κ1) is 31.8. The Labute approximate surface area is 256 Å². The number of esters is 1. The lowest BCUT2D eigenvalue weighted by Gasteiger charge is -2.41. The summed E-state index contributed by atoms with van der Waals surface area (Å²) < 4.78 is 4.90. The van der Waals surface area contributed by atoms with Crippen LogP contribution in [-0.4, -0.2) is 85.4 Å². The third-order valence-corrected chi connectivity index (χ3v) is 12.0. The molecule has 41 heavy (non-hydrogen) atoms. The molecule has 1 N–H and O–H groups in total.